The zero-order valence-corrected chi connectivity index (χ0v) is 12.8. The molecule has 0 aliphatic carbocycles. The number of rotatable bonds is 3. The van der Waals surface area contributed by atoms with Gasteiger partial charge < -0.3 is 19.1 Å². The van der Waals surface area contributed by atoms with Gasteiger partial charge in [-0.25, -0.2) is 0 Å². The van der Waals surface area contributed by atoms with Crippen LogP contribution in [0.4, 0.5) is 5.82 Å². The van der Waals surface area contributed by atoms with Crippen LogP contribution in [0.15, 0.2) is 34.9 Å². The molecule has 0 spiro atoms. The molecule has 116 valence electrons. The van der Waals surface area contributed by atoms with Crippen LogP contribution in [-0.2, 0) is 0 Å². The van der Waals surface area contributed by atoms with Crippen LogP contribution in [0.25, 0.3) is 0 Å². The van der Waals surface area contributed by atoms with Crippen molar-refractivity contribution in [2.75, 3.05) is 38.2 Å². The zero-order chi connectivity index (χ0) is 15.5. The number of hydrogen-bond acceptors (Lipinski definition) is 5. The first-order valence-corrected chi connectivity index (χ1v) is 7.29. The summed E-state index contributed by atoms with van der Waals surface area (Å²) in [6.07, 6.45) is 0. The minimum Gasteiger partial charge on any atom is -0.497 e. The third kappa shape index (κ3) is 2.90. The number of methoxy groups -OCH3 is 1. The lowest BCUT2D eigenvalue weighted by molar-refractivity contribution is 0.0746. The molecular weight excluding hydrogens is 282 g/mol. The molecule has 1 aliphatic rings. The van der Waals surface area contributed by atoms with Gasteiger partial charge >= 0.3 is 0 Å². The summed E-state index contributed by atoms with van der Waals surface area (Å²) in [7, 11) is 1.60. The smallest absolute Gasteiger partial charge is 0.254 e. The van der Waals surface area contributed by atoms with Gasteiger partial charge in [0, 0.05) is 37.8 Å². The van der Waals surface area contributed by atoms with Gasteiger partial charge in [-0.15, -0.1) is 0 Å². The third-order valence-electron chi connectivity index (χ3n) is 3.82. The van der Waals surface area contributed by atoms with Crippen LogP contribution in [-0.4, -0.2) is 49.3 Å². The maximum Gasteiger partial charge on any atom is 0.254 e. The Bertz CT molecular complexity index is 660. The summed E-state index contributed by atoms with van der Waals surface area (Å²) in [5.41, 5.74) is 0.657. The lowest BCUT2D eigenvalue weighted by Crippen LogP contribution is -2.48. The molecule has 1 aromatic carbocycles. The van der Waals surface area contributed by atoms with Crippen molar-refractivity contribution in [1.82, 2.24) is 10.1 Å². The minimum atomic E-state index is 0.0369. The molecule has 6 nitrogen and oxygen atoms in total. The normalized spacial score (nSPS) is 15.0. The van der Waals surface area contributed by atoms with Gasteiger partial charge in [-0.05, 0) is 25.1 Å². The van der Waals surface area contributed by atoms with Gasteiger partial charge in [-0.3, -0.25) is 4.79 Å². The highest BCUT2D eigenvalue weighted by molar-refractivity contribution is 5.94. The zero-order valence-electron chi connectivity index (χ0n) is 12.8. The van der Waals surface area contributed by atoms with Crippen molar-refractivity contribution in [3.8, 4) is 5.75 Å². The van der Waals surface area contributed by atoms with Crippen LogP contribution >= 0.6 is 0 Å². The van der Waals surface area contributed by atoms with Gasteiger partial charge in [0.15, 0.2) is 5.82 Å². The molecule has 0 bridgehead atoms. The lowest BCUT2D eigenvalue weighted by atomic mass is 10.1. The van der Waals surface area contributed by atoms with Gasteiger partial charge in [0.05, 0.1) is 7.11 Å². The standard InChI is InChI=1S/C16H19N3O3/c1-12-10-15(17-22-12)18-6-8-19(9-7-18)16(20)13-4-3-5-14(11-13)21-2/h3-5,10-11H,6-9H2,1-2H3. The van der Waals surface area contributed by atoms with Crippen molar-refractivity contribution in [1.29, 1.82) is 0 Å². The Hall–Kier alpha value is -2.50. The Balaban J connectivity index is 1.64. The van der Waals surface area contributed by atoms with Crippen molar-refractivity contribution < 1.29 is 14.1 Å². The second-order valence-corrected chi connectivity index (χ2v) is 5.31. The Labute approximate surface area is 129 Å². The number of amides is 1. The van der Waals surface area contributed by atoms with E-state index in [0.717, 1.165) is 24.7 Å². The summed E-state index contributed by atoms with van der Waals surface area (Å²) in [4.78, 5) is 16.5. The average Bonchev–Trinajstić information content (AvgIpc) is 3.01. The Morgan fingerprint density at radius 2 is 2.00 bits per heavy atom. The van der Waals surface area contributed by atoms with E-state index in [2.05, 4.69) is 10.1 Å². The average molecular weight is 301 g/mol. The first-order valence-electron chi connectivity index (χ1n) is 7.29. The van der Waals surface area contributed by atoms with E-state index in [1.807, 2.05) is 36.1 Å². The summed E-state index contributed by atoms with van der Waals surface area (Å²) in [6, 6.07) is 9.18. The summed E-state index contributed by atoms with van der Waals surface area (Å²) in [5, 5.41) is 4.02. The van der Waals surface area contributed by atoms with E-state index >= 15 is 0 Å². The molecule has 0 radical (unpaired) electrons. The summed E-state index contributed by atoms with van der Waals surface area (Å²) >= 11 is 0. The summed E-state index contributed by atoms with van der Waals surface area (Å²) in [5.74, 6) is 2.37. The van der Waals surface area contributed by atoms with Crippen molar-refractivity contribution >= 4 is 11.7 Å². The fourth-order valence-electron chi connectivity index (χ4n) is 2.58. The van der Waals surface area contributed by atoms with Crippen LogP contribution in [0.2, 0.25) is 0 Å². The van der Waals surface area contributed by atoms with E-state index in [9.17, 15) is 4.79 Å². The third-order valence-corrected chi connectivity index (χ3v) is 3.82. The molecule has 1 fully saturated rings. The van der Waals surface area contributed by atoms with Crippen LogP contribution in [0.5, 0.6) is 5.75 Å². The highest BCUT2D eigenvalue weighted by Gasteiger charge is 2.23. The molecule has 1 aliphatic heterocycles. The van der Waals surface area contributed by atoms with Gasteiger partial charge in [-0.1, -0.05) is 11.2 Å². The highest BCUT2D eigenvalue weighted by Crippen LogP contribution is 2.18. The lowest BCUT2D eigenvalue weighted by Gasteiger charge is -2.34. The Morgan fingerprint density at radius 1 is 1.23 bits per heavy atom. The van der Waals surface area contributed by atoms with E-state index < -0.39 is 0 Å². The van der Waals surface area contributed by atoms with Gasteiger partial charge in [0.2, 0.25) is 0 Å². The molecule has 1 amide bonds. The van der Waals surface area contributed by atoms with Crippen LogP contribution in [0, 0.1) is 6.92 Å². The Morgan fingerprint density at radius 3 is 2.64 bits per heavy atom. The molecule has 6 heteroatoms. The molecule has 2 heterocycles. The van der Waals surface area contributed by atoms with E-state index in [-0.39, 0.29) is 5.91 Å². The number of carbonyl (C=O) groups excluding carboxylic acids is 1. The number of aryl methyl sites for hydroxylation is 1. The van der Waals surface area contributed by atoms with Crippen molar-refractivity contribution in [3.63, 3.8) is 0 Å². The largest absolute Gasteiger partial charge is 0.497 e. The molecule has 1 aromatic heterocycles. The quantitative estimate of drug-likeness (QED) is 0.867. The molecule has 0 saturated carbocycles. The van der Waals surface area contributed by atoms with Gasteiger partial charge in [0.25, 0.3) is 5.91 Å². The number of anilines is 1. The van der Waals surface area contributed by atoms with E-state index in [1.165, 1.54) is 0 Å². The van der Waals surface area contributed by atoms with Crippen molar-refractivity contribution in [2.24, 2.45) is 0 Å². The number of ether oxygens (including phenoxy) is 1. The van der Waals surface area contributed by atoms with Crippen molar-refractivity contribution in [2.45, 2.75) is 6.92 Å². The molecule has 2 aromatic rings. The molecule has 1 saturated heterocycles. The van der Waals surface area contributed by atoms with E-state index in [4.69, 9.17) is 9.26 Å². The number of carbonyl (C=O) groups is 1. The number of hydrogen-bond donors (Lipinski definition) is 0. The SMILES string of the molecule is COc1cccc(C(=O)N2CCN(c3cc(C)on3)CC2)c1. The first kappa shape index (κ1) is 14.4. The van der Waals surface area contributed by atoms with Gasteiger partial charge in [-0.2, -0.15) is 0 Å². The fourth-order valence-corrected chi connectivity index (χ4v) is 2.58. The number of piperazine rings is 1. The predicted octanol–water partition coefficient (Wildman–Crippen LogP) is 1.95. The number of nitrogens with zero attached hydrogens (tertiary/aromatic N) is 3. The second-order valence-electron chi connectivity index (χ2n) is 5.31. The number of benzene rings is 1. The van der Waals surface area contributed by atoms with Crippen LogP contribution in [0.1, 0.15) is 16.1 Å². The molecule has 0 N–H and O–H groups in total. The maximum absolute atomic E-state index is 12.5. The van der Waals surface area contributed by atoms with E-state index in [0.29, 0.717) is 24.4 Å². The summed E-state index contributed by atoms with van der Waals surface area (Å²) in [6.45, 7) is 4.71. The fraction of sp³-hybridized carbons (Fsp3) is 0.375. The van der Waals surface area contributed by atoms with Crippen LogP contribution < -0.4 is 9.64 Å². The van der Waals surface area contributed by atoms with E-state index in [1.54, 1.807) is 13.2 Å². The molecule has 0 unspecified atom stereocenters. The molecular formula is C16H19N3O3. The highest BCUT2D eigenvalue weighted by atomic mass is 16.5. The van der Waals surface area contributed by atoms with Crippen LogP contribution in [0.3, 0.4) is 0 Å². The first-order chi connectivity index (χ1) is 10.7. The monoisotopic (exact) mass is 301 g/mol. The number of aromatic nitrogens is 1. The topological polar surface area (TPSA) is 58.8 Å². The summed E-state index contributed by atoms with van der Waals surface area (Å²) < 4.78 is 10.3. The Kier molecular flexibility index (Phi) is 4.00. The minimum absolute atomic E-state index is 0.0369. The van der Waals surface area contributed by atoms with Gasteiger partial charge in [0.1, 0.15) is 11.5 Å². The second kappa shape index (κ2) is 6.09. The van der Waals surface area contributed by atoms with Crippen molar-refractivity contribution in [3.05, 3.63) is 41.7 Å². The maximum atomic E-state index is 12.5. The molecule has 22 heavy (non-hydrogen) atoms. The molecule has 3 rings (SSSR count). The molecule has 0 atom stereocenters. The predicted molar refractivity (Wildman–Crippen MR) is 82.4 cm³/mol.